The molecule has 0 fully saturated rings. The summed E-state index contributed by atoms with van der Waals surface area (Å²) >= 11 is 9.17. The van der Waals surface area contributed by atoms with Crippen LogP contribution in [0.15, 0.2) is 28.7 Å². The van der Waals surface area contributed by atoms with Crippen LogP contribution < -0.4 is 5.73 Å². The van der Waals surface area contributed by atoms with Crippen molar-refractivity contribution < 1.29 is 0 Å². The van der Waals surface area contributed by atoms with Crippen molar-refractivity contribution in [2.24, 2.45) is 0 Å². The van der Waals surface area contributed by atoms with Gasteiger partial charge >= 0.3 is 0 Å². The van der Waals surface area contributed by atoms with Gasteiger partial charge in [-0.15, -0.1) is 0 Å². The average Bonchev–Trinajstić information content (AvgIpc) is 2.29. The minimum Gasteiger partial charge on any atom is -0.383 e. The quantitative estimate of drug-likeness (QED) is 0.925. The maximum absolute atomic E-state index is 5.83. The largest absolute Gasteiger partial charge is 0.383 e. The van der Waals surface area contributed by atoms with E-state index in [4.69, 9.17) is 17.3 Å². The smallest absolute Gasteiger partial charge is 0.141 e. The molecule has 0 bridgehead atoms. The number of halogens is 2. The molecule has 0 aliphatic heterocycles. The summed E-state index contributed by atoms with van der Waals surface area (Å²) in [6.45, 7) is 1.90. The van der Waals surface area contributed by atoms with Gasteiger partial charge in [0.1, 0.15) is 11.6 Å². The second-order valence-corrected chi connectivity index (χ2v) is 4.96. The first-order valence-corrected chi connectivity index (χ1v) is 6.26. The first-order valence-electron chi connectivity index (χ1n) is 5.09. The lowest BCUT2D eigenvalue weighted by Crippen LogP contribution is -2.03. The van der Waals surface area contributed by atoms with E-state index in [1.54, 1.807) is 0 Å². The molecule has 0 aliphatic rings. The summed E-state index contributed by atoms with van der Waals surface area (Å²) in [5.74, 6) is 1.19. The van der Waals surface area contributed by atoms with Crippen LogP contribution in [0.25, 0.3) is 0 Å². The van der Waals surface area contributed by atoms with Crippen LogP contribution in [0.2, 0.25) is 5.02 Å². The molecule has 5 heteroatoms. The molecule has 0 aliphatic carbocycles. The summed E-state index contributed by atoms with van der Waals surface area (Å²) in [5.41, 5.74) is 7.74. The van der Waals surface area contributed by atoms with Crippen molar-refractivity contribution in [1.82, 2.24) is 9.97 Å². The fourth-order valence-electron chi connectivity index (χ4n) is 1.51. The highest BCUT2D eigenvalue weighted by molar-refractivity contribution is 9.10. The van der Waals surface area contributed by atoms with Crippen molar-refractivity contribution in [3.05, 3.63) is 50.8 Å². The predicted octanol–water partition coefficient (Wildman–Crippen LogP) is 3.37. The van der Waals surface area contributed by atoms with E-state index in [0.29, 0.717) is 18.1 Å². The summed E-state index contributed by atoms with van der Waals surface area (Å²) in [4.78, 5) is 8.62. The van der Waals surface area contributed by atoms with E-state index < -0.39 is 0 Å². The van der Waals surface area contributed by atoms with E-state index in [0.717, 1.165) is 20.8 Å². The van der Waals surface area contributed by atoms with Gasteiger partial charge in [-0.2, -0.15) is 0 Å². The Balaban J connectivity index is 2.27. The minimum absolute atomic E-state index is 0.474. The van der Waals surface area contributed by atoms with Crippen LogP contribution >= 0.6 is 27.5 Å². The zero-order chi connectivity index (χ0) is 12.4. The molecule has 0 radical (unpaired) electrons. The Morgan fingerprint density at radius 3 is 2.47 bits per heavy atom. The van der Waals surface area contributed by atoms with Gasteiger partial charge < -0.3 is 5.73 Å². The van der Waals surface area contributed by atoms with Crippen molar-refractivity contribution in [2.75, 3.05) is 5.73 Å². The maximum Gasteiger partial charge on any atom is 0.141 e. The number of aryl methyl sites for hydroxylation is 1. The van der Waals surface area contributed by atoms with Crippen molar-refractivity contribution in [2.45, 2.75) is 13.3 Å². The molecular weight excluding hydrogens is 302 g/mol. The number of rotatable bonds is 2. The highest BCUT2D eigenvalue weighted by Gasteiger charge is 2.07. The lowest BCUT2D eigenvalue weighted by molar-refractivity contribution is 0.941. The van der Waals surface area contributed by atoms with Crippen LogP contribution in [0, 0.1) is 6.92 Å². The number of anilines is 1. The van der Waals surface area contributed by atoms with Crippen molar-refractivity contribution in [3.63, 3.8) is 0 Å². The number of nitrogen functional groups attached to an aromatic ring is 1. The third-order valence-corrected chi connectivity index (χ3v) is 3.60. The first-order chi connectivity index (χ1) is 8.06. The molecule has 2 rings (SSSR count). The van der Waals surface area contributed by atoms with Gasteiger partial charge in [0, 0.05) is 11.4 Å². The van der Waals surface area contributed by atoms with Crippen molar-refractivity contribution in [3.8, 4) is 0 Å². The van der Waals surface area contributed by atoms with Gasteiger partial charge in [-0.3, -0.25) is 0 Å². The van der Waals surface area contributed by atoms with E-state index in [9.17, 15) is 0 Å². The second-order valence-electron chi connectivity index (χ2n) is 3.73. The molecule has 17 heavy (non-hydrogen) atoms. The van der Waals surface area contributed by atoms with E-state index >= 15 is 0 Å². The van der Waals surface area contributed by atoms with Crippen LogP contribution in [0.4, 0.5) is 5.82 Å². The number of nitrogens with zero attached hydrogens (tertiary/aromatic N) is 2. The molecular formula is C12H11BrClN3. The Morgan fingerprint density at radius 1 is 1.24 bits per heavy atom. The summed E-state index contributed by atoms with van der Waals surface area (Å²) in [7, 11) is 0. The fraction of sp³-hybridized carbons (Fsp3) is 0.167. The molecule has 0 saturated carbocycles. The van der Waals surface area contributed by atoms with E-state index in [-0.39, 0.29) is 0 Å². The Labute approximate surface area is 113 Å². The van der Waals surface area contributed by atoms with Crippen LogP contribution in [-0.2, 0) is 6.42 Å². The maximum atomic E-state index is 5.83. The number of hydrogen-bond acceptors (Lipinski definition) is 3. The van der Waals surface area contributed by atoms with Gasteiger partial charge in [0.15, 0.2) is 0 Å². The first kappa shape index (κ1) is 12.3. The monoisotopic (exact) mass is 311 g/mol. The predicted molar refractivity (Wildman–Crippen MR) is 73.1 cm³/mol. The number of benzene rings is 1. The SMILES string of the molecule is Cc1nc(Cc2ccc(Cl)cc2)nc(N)c1Br. The second kappa shape index (κ2) is 5.02. The summed E-state index contributed by atoms with van der Waals surface area (Å²) in [5, 5.41) is 0.723. The molecule has 0 saturated heterocycles. The van der Waals surface area contributed by atoms with E-state index in [1.165, 1.54) is 0 Å². The molecule has 0 amide bonds. The normalized spacial score (nSPS) is 10.5. The van der Waals surface area contributed by atoms with Gasteiger partial charge in [0.2, 0.25) is 0 Å². The highest BCUT2D eigenvalue weighted by Crippen LogP contribution is 2.21. The molecule has 1 aromatic heterocycles. The zero-order valence-corrected chi connectivity index (χ0v) is 11.6. The van der Waals surface area contributed by atoms with Crippen LogP contribution in [0.1, 0.15) is 17.1 Å². The van der Waals surface area contributed by atoms with E-state index in [1.807, 2.05) is 31.2 Å². The Bertz CT molecular complexity index is 517. The van der Waals surface area contributed by atoms with Gasteiger partial charge in [-0.1, -0.05) is 23.7 Å². The third kappa shape index (κ3) is 2.96. The summed E-state index contributed by atoms with van der Waals surface area (Å²) < 4.78 is 0.761. The molecule has 3 nitrogen and oxygen atoms in total. The molecule has 2 aromatic rings. The Morgan fingerprint density at radius 2 is 1.88 bits per heavy atom. The Hall–Kier alpha value is -1.13. The molecule has 1 aromatic carbocycles. The number of aromatic nitrogens is 2. The van der Waals surface area contributed by atoms with E-state index in [2.05, 4.69) is 25.9 Å². The standard InChI is InChI=1S/C12H11BrClN3/c1-7-11(13)12(15)17-10(16-7)6-8-2-4-9(14)5-3-8/h2-5H,6H2,1H3,(H2,15,16,17). The minimum atomic E-state index is 0.474. The lowest BCUT2D eigenvalue weighted by atomic mass is 10.1. The van der Waals surface area contributed by atoms with Crippen LogP contribution in [0.3, 0.4) is 0 Å². The topological polar surface area (TPSA) is 51.8 Å². The lowest BCUT2D eigenvalue weighted by Gasteiger charge is -2.06. The fourth-order valence-corrected chi connectivity index (χ4v) is 1.81. The van der Waals surface area contributed by atoms with Crippen LogP contribution in [-0.4, -0.2) is 9.97 Å². The number of nitrogens with two attached hydrogens (primary N) is 1. The summed E-state index contributed by atoms with van der Waals surface area (Å²) in [6.07, 6.45) is 0.648. The highest BCUT2D eigenvalue weighted by atomic mass is 79.9. The van der Waals surface area contributed by atoms with Gasteiger partial charge in [0.05, 0.1) is 10.2 Å². The van der Waals surface area contributed by atoms with Crippen molar-refractivity contribution in [1.29, 1.82) is 0 Å². The Kier molecular flexibility index (Phi) is 3.64. The molecule has 0 spiro atoms. The van der Waals surface area contributed by atoms with Gasteiger partial charge in [-0.25, -0.2) is 9.97 Å². The molecule has 0 atom stereocenters. The van der Waals surface area contributed by atoms with Crippen LogP contribution in [0.5, 0.6) is 0 Å². The molecule has 88 valence electrons. The average molecular weight is 313 g/mol. The molecule has 1 heterocycles. The zero-order valence-electron chi connectivity index (χ0n) is 9.24. The molecule has 2 N–H and O–H groups in total. The van der Waals surface area contributed by atoms with Gasteiger partial charge in [-0.05, 0) is 40.5 Å². The third-order valence-electron chi connectivity index (χ3n) is 2.36. The molecule has 0 unspecified atom stereocenters. The van der Waals surface area contributed by atoms with Crippen molar-refractivity contribution >= 4 is 33.3 Å². The number of hydrogen-bond donors (Lipinski definition) is 1. The van der Waals surface area contributed by atoms with Gasteiger partial charge in [0.25, 0.3) is 0 Å². The summed E-state index contributed by atoms with van der Waals surface area (Å²) in [6, 6.07) is 7.62.